The first kappa shape index (κ1) is 14.9. The van der Waals surface area contributed by atoms with Crippen molar-refractivity contribution in [1.82, 2.24) is 0 Å². The van der Waals surface area contributed by atoms with Crippen molar-refractivity contribution in [3.05, 3.63) is 46.3 Å². The van der Waals surface area contributed by atoms with Crippen LogP contribution in [0.2, 0.25) is 0 Å². The molecule has 0 unspecified atom stereocenters. The van der Waals surface area contributed by atoms with Crippen LogP contribution in [0.25, 0.3) is 0 Å². The molecule has 0 aliphatic heterocycles. The van der Waals surface area contributed by atoms with Gasteiger partial charge in [-0.25, -0.2) is 0 Å². The van der Waals surface area contributed by atoms with E-state index in [2.05, 4.69) is 0 Å². The molecular formula is C17H18O5. The number of hydrogen-bond donors (Lipinski definition) is 2. The van der Waals surface area contributed by atoms with Crippen molar-refractivity contribution >= 4 is 11.6 Å². The Kier molecular flexibility index (Phi) is 3.42. The fraction of sp³-hybridized carbons (Fsp3) is 0.412. The van der Waals surface area contributed by atoms with Crippen molar-refractivity contribution in [3.63, 3.8) is 0 Å². The van der Waals surface area contributed by atoms with Crippen LogP contribution in [-0.4, -0.2) is 41.6 Å². The third-order valence-corrected chi connectivity index (χ3v) is 4.86. The molecule has 0 radical (unpaired) electrons. The molecule has 0 aromatic heterocycles. The summed E-state index contributed by atoms with van der Waals surface area (Å²) in [6.45, 7) is 1.70. The van der Waals surface area contributed by atoms with Gasteiger partial charge in [-0.15, -0.1) is 0 Å². The standard InChI is InChI=1S/C17H18O5/c1-17-7-11-10(13(19)6-14(22-2)16(11)21)5-12(17)9(8-18)3-4-15(17)20/h3,5-6,15,18,20H,4,7-8H2,1-2H3/t15-,17+/m1/s1. The number of aliphatic hydroxyl groups is 2. The molecule has 5 nitrogen and oxygen atoms in total. The van der Waals surface area contributed by atoms with Gasteiger partial charge in [-0.1, -0.05) is 13.0 Å². The van der Waals surface area contributed by atoms with Crippen LogP contribution in [0.1, 0.15) is 19.8 Å². The smallest absolute Gasteiger partial charge is 0.224 e. The molecule has 2 N–H and O–H groups in total. The van der Waals surface area contributed by atoms with Gasteiger partial charge in [0.1, 0.15) is 0 Å². The Bertz CT molecular complexity index is 692. The Hall–Kier alpha value is -1.98. The molecule has 22 heavy (non-hydrogen) atoms. The Morgan fingerprint density at radius 3 is 2.73 bits per heavy atom. The van der Waals surface area contributed by atoms with Crippen LogP contribution in [0.15, 0.2) is 46.3 Å². The number of ketones is 2. The summed E-state index contributed by atoms with van der Waals surface area (Å²) >= 11 is 0. The molecule has 5 heteroatoms. The van der Waals surface area contributed by atoms with Crippen LogP contribution in [0.4, 0.5) is 0 Å². The zero-order valence-corrected chi connectivity index (χ0v) is 12.5. The lowest BCUT2D eigenvalue weighted by Crippen LogP contribution is -2.42. The third kappa shape index (κ3) is 1.93. The zero-order chi connectivity index (χ0) is 16.1. The van der Waals surface area contributed by atoms with E-state index in [0.717, 1.165) is 5.57 Å². The van der Waals surface area contributed by atoms with Crippen LogP contribution in [0.5, 0.6) is 0 Å². The lowest BCUT2D eigenvalue weighted by Gasteiger charge is -2.44. The molecule has 0 aromatic rings. The summed E-state index contributed by atoms with van der Waals surface area (Å²) in [5.41, 5.74) is 1.49. The number of rotatable bonds is 2. The molecule has 3 rings (SSSR count). The second kappa shape index (κ2) is 5.04. The van der Waals surface area contributed by atoms with E-state index >= 15 is 0 Å². The van der Waals surface area contributed by atoms with Gasteiger partial charge in [0.2, 0.25) is 5.78 Å². The van der Waals surface area contributed by atoms with Crippen LogP contribution in [0.3, 0.4) is 0 Å². The molecule has 0 aromatic carbocycles. The van der Waals surface area contributed by atoms with E-state index in [0.29, 0.717) is 23.1 Å². The van der Waals surface area contributed by atoms with E-state index in [-0.39, 0.29) is 30.4 Å². The van der Waals surface area contributed by atoms with Crippen LogP contribution < -0.4 is 0 Å². The molecule has 0 heterocycles. The van der Waals surface area contributed by atoms with Gasteiger partial charge in [0.15, 0.2) is 11.5 Å². The maximum atomic E-state index is 12.4. The van der Waals surface area contributed by atoms with Gasteiger partial charge >= 0.3 is 0 Å². The maximum Gasteiger partial charge on any atom is 0.224 e. The molecule has 0 amide bonds. The van der Waals surface area contributed by atoms with E-state index in [4.69, 9.17) is 4.74 Å². The summed E-state index contributed by atoms with van der Waals surface area (Å²) < 4.78 is 4.98. The van der Waals surface area contributed by atoms with Gasteiger partial charge in [0.05, 0.1) is 19.8 Å². The predicted molar refractivity (Wildman–Crippen MR) is 78.7 cm³/mol. The lowest BCUT2D eigenvalue weighted by atomic mass is 9.61. The fourth-order valence-corrected chi connectivity index (χ4v) is 3.47. The summed E-state index contributed by atoms with van der Waals surface area (Å²) in [6, 6.07) is 0. The van der Waals surface area contributed by atoms with Gasteiger partial charge in [-0.2, -0.15) is 0 Å². The summed E-state index contributed by atoms with van der Waals surface area (Å²) in [4.78, 5) is 24.7. The van der Waals surface area contributed by atoms with Crippen molar-refractivity contribution in [3.8, 4) is 0 Å². The zero-order valence-electron chi connectivity index (χ0n) is 12.5. The predicted octanol–water partition coefficient (Wildman–Crippen LogP) is 0.985. The van der Waals surface area contributed by atoms with Crippen molar-refractivity contribution in [2.75, 3.05) is 13.7 Å². The van der Waals surface area contributed by atoms with Crippen LogP contribution in [0, 0.1) is 5.41 Å². The third-order valence-electron chi connectivity index (χ3n) is 4.86. The highest BCUT2D eigenvalue weighted by Crippen LogP contribution is 2.50. The summed E-state index contributed by atoms with van der Waals surface area (Å²) in [5.74, 6) is -0.549. The second-order valence-corrected chi connectivity index (χ2v) is 6.09. The van der Waals surface area contributed by atoms with Crippen molar-refractivity contribution in [2.24, 2.45) is 5.41 Å². The first-order valence-corrected chi connectivity index (χ1v) is 7.20. The number of aliphatic hydroxyl groups excluding tert-OH is 2. The molecule has 0 saturated carbocycles. The number of ether oxygens (including phenoxy) is 1. The Morgan fingerprint density at radius 2 is 2.09 bits per heavy atom. The first-order valence-electron chi connectivity index (χ1n) is 7.20. The number of carbonyl (C=O) groups excluding carboxylic acids is 2. The first-order chi connectivity index (χ1) is 10.4. The molecule has 116 valence electrons. The number of Topliss-reactive ketones (excluding diaryl/α,β-unsaturated/α-hetero) is 1. The summed E-state index contributed by atoms with van der Waals surface area (Å²) in [6.07, 6.45) is 4.65. The summed E-state index contributed by atoms with van der Waals surface area (Å²) in [5, 5.41) is 19.9. The van der Waals surface area contributed by atoms with Gasteiger partial charge in [0, 0.05) is 22.6 Å². The van der Waals surface area contributed by atoms with Crippen LogP contribution >= 0.6 is 0 Å². The quantitative estimate of drug-likeness (QED) is 0.743. The maximum absolute atomic E-state index is 12.4. The Balaban J connectivity index is 2.15. The van der Waals surface area contributed by atoms with Crippen LogP contribution in [-0.2, 0) is 14.3 Å². The monoisotopic (exact) mass is 302 g/mol. The average molecular weight is 302 g/mol. The lowest BCUT2D eigenvalue weighted by molar-refractivity contribution is -0.118. The number of fused-ring (bicyclic) bond motifs is 1. The van der Waals surface area contributed by atoms with Gasteiger partial charge in [0.25, 0.3) is 0 Å². The molecule has 0 bridgehead atoms. The Morgan fingerprint density at radius 1 is 1.36 bits per heavy atom. The van der Waals surface area contributed by atoms with Gasteiger partial charge < -0.3 is 14.9 Å². The highest BCUT2D eigenvalue weighted by atomic mass is 16.5. The largest absolute Gasteiger partial charge is 0.493 e. The molecule has 2 atom stereocenters. The molecule has 0 saturated heterocycles. The van der Waals surface area contributed by atoms with Crippen molar-refractivity contribution in [2.45, 2.75) is 25.9 Å². The molecule has 3 aliphatic rings. The fourth-order valence-electron chi connectivity index (χ4n) is 3.47. The molecule has 0 fully saturated rings. The molecule has 0 spiro atoms. The van der Waals surface area contributed by atoms with E-state index in [9.17, 15) is 19.8 Å². The van der Waals surface area contributed by atoms with Crippen molar-refractivity contribution < 1.29 is 24.5 Å². The minimum Gasteiger partial charge on any atom is -0.493 e. The number of carbonyl (C=O) groups is 2. The number of allylic oxidation sites excluding steroid dienone is 4. The van der Waals surface area contributed by atoms with E-state index in [1.54, 1.807) is 12.2 Å². The highest BCUT2D eigenvalue weighted by molar-refractivity contribution is 6.23. The second-order valence-electron chi connectivity index (χ2n) is 6.09. The molecular weight excluding hydrogens is 284 g/mol. The minimum atomic E-state index is -0.683. The molecule has 3 aliphatic carbocycles. The van der Waals surface area contributed by atoms with E-state index in [1.807, 2.05) is 6.92 Å². The summed E-state index contributed by atoms with van der Waals surface area (Å²) in [7, 11) is 1.36. The Labute approximate surface area is 128 Å². The highest BCUT2D eigenvalue weighted by Gasteiger charge is 2.46. The number of hydrogen-bond acceptors (Lipinski definition) is 5. The van der Waals surface area contributed by atoms with E-state index in [1.165, 1.54) is 13.2 Å². The number of methoxy groups -OCH3 is 1. The minimum absolute atomic E-state index is 0.0347. The SMILES string of the molecule is COC1=CC(=O)C2=C(C[C@@]3(C)C(=C2)C(CO)=CC[C@H]3O)C1=O. The topological polar surface area (TPSA) is 83.8 Å². The van der Waals surface area contributed by atoms with Gasteiger partial charge in [-0.05, 0) is 30.1 Å². The van der Waals surface area contributed by atoms with Crippen molar-refractivity contribution in [1.29, 1.82) is 0 Å². The normalized spacial score (nSPS) is 31.1. The van der Waals surface area contributed by atoms with Gasteiger partial charge in [-0.3, -0.25) is 9.59 Å². The average Bonchev–Trinajstić information content (AvgIpc) is 2.51. The van der Waals surface area contributed by atoms with E-state index < -0.39 is 11.5 Å².